The standard InChI is InChI=1S/C16H23N3O3/c1-22-11-6-16(15(17)21)4-9-19(10-5-16)14(20)12-13-2-7-18-8-3-13/h2-3,7-8H,4-6,9-12H2,1H3,(H2,17,21). The number of hydrogen-bond acceptors (Lipinski definition) is 4. The van der Waals surface area contributed by atoms with Crippen LogP contribution in [0.5, 0.6) is 0 Å². The molecule has 0 aromatic carbocycles. The molecule has 0 saturated carbocycles. The highest BCUT2D eigenvalue weighted by Gasteiger charge is 2.40. The van der Waals surface area contributed by atoms with Gasteiger partial charge in [-0.25, -0.2) is 0 Å². The summed E-state index contributed by atoms with van der Waals surface area (Å²) >= 11 is 0. The van der Waals surface area contributed by atoms with Crippen molar-refractivity contribution in [2.24, 2.45) is 11.1 Å². The quantitative estimate of drug-likeness (QED) is 0.840. The fourth-order valence-electron chi connectivity index (χ4n) is 2.89. The molecule has 22 heavy (non-hydrogen) atoms. The largest absolute Gasteiger partial charge is 0.385 e. The molecule has 6 heteroatoms. The van der Waals surface area contributed by atoms with Crippen molar-refractivity contribution in [2.45, 2.75) is 25.7 Å². The van der Waals surface area contributed by atoms with Gasteiger partial charge in [0.15, 0.2) is 0 Å². The Hall–Kier alpha value is -1.95. The van der Waals surface area contributed by atoms with E-state index >= 15 is 0 Å². The van der Waals surface area contributed by atoms with Crippen LogP contribution in [0.15, 0.2) is 24.5 Å². The normalized spacial score (nSPS) is 17.2. The molecule has 1 aromatic rings. The smallest absolute Gasteiger partial charge is 0.226 e. The minimum atomic E-state index is -0.538. The first-order valence-corrected chi connectivity index (χ1v) is 7.53. The van der Waals surface area contributed by atoms with Crippen molar-refractivity contribution in [3.05, 3.63) is 30.1 Å². The maximum absolute atomic E-state index is 12.3. The van der Waals surface area contributed by atoms with E-state index in [1.807, 2.05) is 17.0 Å². The van der Waals surface area contributed by atoms with Gasteiger partial charge in [-0.2, -0.15) is 0 Å². The molecule has 1 aliphatic rings. The number of nitrogens with two attached hydrogens (primary N) is 1. The van der Waals surface area contributed by atoms with E-state index in [0.717, 1.165) is 5.56 Å². The van der Waals surface area contributed by atoms with Crippen molar-refractivity contribution in [3.8, 4) is 0 Å². The van der Waals surface area contributed by atoms with Gasteiger partial charge in [0.1, 0.15) is 0 Å². The van der Waals surface area contributed by atoms with Crippen molar-refractivity contribution in [2.75, 3.05) is 26.8 Å². The lowest BCUT2D eigenvalue weighted by molar-refractivity contribution is -0.139. The van der Waals surface area contributed by atoms with Gasteiger partial charge < -0.3 is 15.4 Å². The molecule has 0 atom stereocenters. The number of nitrogens with zero attached hydrogens (tertiary/aromatic N) is 2. The molecule has 6 nitrogen and oxygen atoms in total. The van der Waals surface area contributed by atoms with Crippen LogP contribution in [0.3, 0.4) is 0 Å². The Balaban J connectivity index is 1.92. The number of pyridine rings is 1. The van der Waals surface area contributed by atoms with E-state index in [4.69, 9.17) is 10.5 Å². The minimum Gasteiger partial charge on any atom is -0.385 e. The Bertz CT molecular complexity index is 511. The molecule has 1 fully saturated rings. The number of likely N-dealkylation sites (tertiary alicyclic amines) is 1. The lowest BCUT2D eigenvalue weighted by atomic mass is 9.75. The van der Waals surface area contributed by atoms with Gasteiger partial charge in [0.25, 0.3) is 0 Å². The molecule has 0 unspecified atom stereocenters. The second kappa shape index (κ2) is 7.35. The van der Waals surface area contributed by atoms with Crippen molar-refractivity contribution >= 4 is 11.8 Å². The molecule has 2 amide bonds. The first kappa shape index (κ1) is 16.4. The van der Waals surface area contributed by atoms with E-state index in [1.165, 1.54) is 0 Å². The molecule has 1 aromatic heterocycles. The summed E-state index contributed by atoms with van der Waals surface area (Å²) in [6.07, 6.45) is 5.56. The van der Waals surface area contributed by atoms with Crippen molar-refractivity contribution in [1.29, 1.82) is 0 Å². The van der Waals surface area contributed by atoms with Gasteiger partial charge in [-0.05, 0) is 37.0 Å². The molecule has 120 valence electrons. The summed E-state index contributed by atoms with van der Waals surface area (Å²) in [6.45, 7) is 1.64. The number of hydrogen-bond donors (Lipinski definition) is 1. The molecule has 0 radical (unpaired) electrons. The molecule has 0 aliphatic carbocycles. The van der Waals surface area contributed by atoms with Crippen LogP contribution < -0.4 is 5.73 Å². The number of carbonyl (C=O) groups excluding carboxylic acids is 2. The highest BCUT2D eigenvalue weighted by molar-refractivity contribution is 5.82. The number of amides is 2. The average Bonchev–Trinajstić information content (AvgIpc) is 2.54. The monoisotopic (exact) mass is 305 g/mol. The van der Waals surface area contributed by atoms with Crippen LogP contribution in [0, 0.1) is 5.41 Å². The number of ether oxygens (including phenoxy) is 1. The van der Waals surface area contributed by atoms with Crippen LogP contribution in [0.1, 0.15) is 24.8 Å². The third-order valence-corrected chi connectivity index (χ3v) is 4.49. The molecular weight excluding hydrogens is 282 g/mol. The molecule has 0 bridgehead atoms. The van der Waals surface area contributed by atoms with Crippen molar-refractivity contribution in [3.63, 3.8) is 0 Å². The first-order chi connectivity index (χ1) is 10.6. The van der Waals surface area contributed by atoms with Crippen LogP contribution >= 0.6 is 0 Å². The Morgan fingerprint density at radius 2 is 1.95 bits per heavy atom. The lowest BCUT2D eigenvalue weighted by Gasteiger charge is -2.39. The SMILES string of the molecule is COCCC1(C(N)=O)CCN(C(=O)Cc2ccncc2)CC1. The summed E-state index contributed by atoms with van der Waals surface area (Å²) in [6, 6.07) is 3.68. The van der Waals surface area contributed by atoms with Crippen LogP contribution in [0.2, 0.25) is 0 Å². The van der Waals surface area contributed by atoms with Crippen LogP contribution in [-0.4, -0.2) is 48.5 Å². The molecule has 0 spiro atoms. The maximum Gasteiger partial charge on any atom is 0.226 e. The van der Waals surface area contributed by atoms with E-state index in [2.05, 4.69) is 4.98 Å². The molecular formula is C16H23N3O3. The molecule has 2 heterocycles. The van der Waals surface area contributed by atoms with Gasteiger partial charge in [0.2, 0.25) is 11.8 Å². The van der Waals surface area contributed by atoms with E-state index in [-0.39, 0.29) is 11.8 Å². The van der Waals surface area contributed by atoms with Gasteiger partial charge in [-0.1, -0.05) is 0 Å². The van der Waals surface area contributed by atoms with Gasteiger partial charge in [-0.3, -0.25) is 14.6 Å². The molecule has 1 saturated heterocycles. The molecule has 2 rings (SSSR count). The summed E-state index contributed by atoms with van der Waals surface area (Å²) < 4.78 is 5.08. The Labute approximate surface area is 130 Å². The number of carbonyl (C=O) groups is 2. The van der Waals surface area contributed by atoms with Crippen LogP contribution in [0.4, 0.5) is 0 Å². The fraction of sp³-hybridized carbons (Fsp3) is 0.562. The lowest BCUT2D eigenvalue weighted by Crippen LogP contribution is -2.49. The zero-order chi connectivity index (χ0) is 16.0. The highest BCUT2D eigenvalue weighted by Crippen LogP contribution is 2.35. The number of rotatable bonds is 6. The predicted octanol–water partition coefficient (Wildman–Crippen LogP) is 0.755. The molecule has 2 N–H and O–H groups in total. The third-order valence-electron chi connectivity index (χ3n) is 4.49. The van der Waals surface area contributed by atoms with Gasteiger partial charge in [-0.15, -0.1) is 0 Å². The van der Waals surface area contributed by atoms with Gasteiger partial charge in [0.05, 0.1) is 11.8 Å². The second-order valence-corrected chi connectivity index (χ2v) is 5.80. The third kappa shape index (κ3) is 3.82. The fourth-order valence-corrected chi connectivity index (χ4v) is 2.89. The van der Waals surface area contributed by atoms with Gasteiger partial charge >= 0.3 is 0 Å². The summed E-state index contributed by atoms with van der Waals surface area (Å²) in [4.78, 5) is 29.9. The van der Waals surface area contributed by atoms with E-state index in [9.17, 15) is 9.59 Å². The number of primary amides is 1. The zero-order valence-electron chi connectivity index (χ0n) is 13.0. The number of methoxy groups -OCH3 is 1. The van der Waals surface area contributed by atoms with E-state index < -0.39 is 5.41 Å². The van der Waals surface area contributed by atoms with Crippen molar-refractivity contribution in [1.82, 2.24) is 9.88 Å². The Morgan fingerprint density at radius 3 is 2.50 bits per heavy atom. The summed E-state index contributed by atoms with van der Waals surface area (Å²) in [5.41, 5.74) is 6.00. The van der Waals surface area contributed by atoms with Crippen LogP contribution in [-0.2, 0) is 20.7 Å². The van der Waals surface area contributed by atoms with E-state index in [1.54, 1.807) is 19.5 Å². The van der Waals surface area contributed by atoms with E-state index in [0.29, 0.717) is 45.4 Å². The topological polar surface area (TPSA) is 85.5 Å². The number of aromatic nitrogens is 1. The minimum absolute atomic E-state index is 0.0796. The highest BCUT2D eigenvalue weighted by atomic mass is 16.5. The summed E-state index contributed by atoms with van der Waals surface area (Å²) in [7, 11) is 1.61. The first-order valence-electron chi connectivity index (χ1n) is 7.53. The summed E-state index contributed by atoms with van der Waals surface area (Å²) in [5, 5.41) is 0. The molecule has 1 aliphatic heterocycles. The van der Waals surface area contributed by atoms with Crippen molar-refractivity contribution < 1.29 is 14.3 Å². The predicted molar refractivity (Wildman–Crippen MR) is 81.9 cm³/mol. The van der Waals surface area contributed by atoms with Gasteiger partial charge in [0, 0.05) is 39.2 Å². The zero-order valence-corrected chi connectivity index (χ0v) is 13.0. The Kier molecular flexibility index (Phi) is 5.49. The Morgan fingerprint density at radius 1 is 1.32 bits per heavy atom. The average molecular weight is 305 g/mol. The summed E-state index contributed by atoms with van der Waals surface area (Å²) in [5.74, 6) is -0.207. The maximum atomic E-state index is 12.3. The number of piperidine rings is 1. The van der Waals surface area contributed by atoms with Crippen LogP contribution in [0.25, 0.3) is 0 Å². The second-order valence-electron chi connectivity index (χ2n) is 5.80.